The number of carbonyl (C=O) groups is 1. The minimum Gasteiger partial charge on any atom is -0.350 e. The number of aryl methyl sites for hydroxylation is 1. The van der Waals surface area contributed by atoms with Gasteiger partial charge in [-0.1, -0.05) is 17.7 Å². The molecule has 0 unspecified atom stereocenters. The second kappa shape index (κ2) is 7.23. The second-order valence-electron chi connectivity index (χ2n) is 5.72. The van der Waals surface area contributed by atoms with Gasteiger partial charge in [0.1, 0.15) is 0 Å². The van der Waals surface area contributed by atoms with Gasteiger partial charge in [0, 0.05) is 16.6 Å². The topological polar surface area (TPSA) is 75.3 Å². The van der Waals surface area contributed by atoms with Crippen LogP contribution in [0.4, 0.5) is 5.69 Å². The molecule has 5 nitrogen and oxygen atoms in total. The molecule has 0 bridgehead atoms. The molecule has 0 fully saturated rings. The number of carbonyl (C=O) groups excluding carboxylic acids is 1. The molecule has 0 aliphatic rings. The van der Waals surface area contributed by atoms with Crippen molar-refractivity contribution in [3.05, 3.63) is 58.6 Å². The molecule has 2 N–H and O–H groups in total. The summed E-state index contributed by atoms with van der Waals surface area (Å²) in [5.41, 5.74) is 1.65. The fourth-order valence-electron chi connectivity index (χ4n) is 2.00. The highest BCUT2D eigenvalue weighted by Gasteiger charge is 2.16. The van der Waals surface area contributed by atoms with E-state index in [0.717, 1.165) is 5.56 Å². The third-order valence-corrected chi connectivity index (χ3v) is 5.08. The second-order valence-corrected chi connectivity index (χ2v) is 7.81. The number of rotatable bonds is 5. The van der Waals surface area contributed by atoms with Gasteiger partial charge in [-0.2, -0.15) is 0 Å². The standard InChI is InChI=1S/C17H19ClN2O3S/c1-11(2)19-17(21)13-5-8-15(9-6-13)24(22,23)20-14-7-4-12(3)16(18)10-14/h4-11,20H,1-3H3,(H,19,21). The van der Waals surface area contributed by atoms with Crippen molar-refractivity contribution in [3.63, 3.8) is 0 Å². The Labute approximate surface area is 147 Å². The molecule has 0 radical (unpaired) electrons. The lowest BCUT2D eigenvalue weighted by atomic mass is 10.2. The minimum atomic E-state index is -3.75. The normalized spacial score (nSPS) is 11.4. The Morgan fingerprint density at radius 2 is 1.71 bits per heavy atom. The SMILES string of the molecule is Cc1ccc(NS(=O)(=O)c2ccc(C(=O)NC(C)C)cc2)cc1Cl. The van der Waals surface area contributed by atoms with Gasteiger partial charge < -0.3 is 5.32 Å². The number of benzene rings is 2. The van der Waals surface area contributed by atoms with Crippen LogP contribution in [0, 0.1) is 6.92 Å². The van der Waals surface area contributed by atoms with Crippen molar-refractivity contribution in [3.8, 4) is 0 Å². The highest BCUT2D eigenvalue weighted by molar-refractivity contribution is 7.92. The molecule has 0 saturated heterocycles. The largest absolute Gasteiger partial charge is 0.350 e. The van der Waals surface area contributed by atoms with Gasteiger partial charge in [-0.3, -0.25) is 9.52 Å². The maximum Gasteiger partial charge on any atom is 0.261 e. The van der Waals surface area contributed by atoms with Crippen molar-refractivity contribution >= 4 is 33.2 Å². The van der Waals surface area contributed by atoms with Gasteiger partial charge in [-0.05, 0) is 62.7 Å². The average Bonchev–Trinajstić information content (AvgIpc) is 2.50. The molecule has 128 valence electrons. The third kappa shape index (κ3) is 4.49. The summed E-state index contributed by atoms with van der Waals surface area (Å²) in [6.07, 6.45) is 0. The predicted octanol–water partition coefficient (Wildman–Crippen LogP) is 3.59. The Hall–Kier alpha value is -2.05. The van der Waals surface area contributed by atoms with Crippen LogP contribution in [0.15, 0.2) is 47.4 Å². The van der Waals surface area contributed by atoms with Crippen molar-refractivity contribution in [2.75, 3.05) is 4.72 Å². The smallest absolute Gasteiger partial charge is 0.261 e. The molecule has 0 heterocycles. The summed E-state index contributed by atoms with van der Waals surface area (Å²) >= 11 is 6.01. The summed E-state index contributed by atoms with van der Waals surface area (Å²) in [6, 6.07) is 10.7. The molecule has 2 aromatic carbocycles. The first-order valence-corrected chi connectivity index (χ1v) is 9.25. The van der Waals surface area contributed by atoms with Crippen molar-refractivity contribution in [1.82, 2.24) is 5.32 Å². The number of amides is 1. The van der Waals surface area contributed by atoms with Crippen LogP contribution in [0.3, 0.4) is 0 Å². The number of sulfonamides is 1. The van der Waals surface area contributed by atoms with E-state index in [9.17, 15) is 13.2 Å². The van der Waals surface area contributed by atoms with E-state index in [4.69, 9.17) is 11.6 Å². The van der Waals surface area contributed by atoms with Crippen molar-refractivity contribution in [2.45, 2.75) is 31.7 Å². The Morgan fingerprint density at radius 1 is 1.08 bits per heavy atom. The molecule has 0 saturated carbocycles. The van der Waals surface area contributed by atoms with Gasteiger partial charge >= 0.3 is 0 Å². The van der Waals surface area contributed by atoms with Crippen LogP contribution >= 0.6 is 11.6 Å². The number of hydrogen-bond donors (Lipinski definition) is 2. The summed E-state index contributed by atoms with van der Waals surface area (Å²) in [7, 11) is -3.75. The molecular weight excluding hydrogens is 348 g/mol. The summed E-state index contributed by atoms with van der Waals surface area (Å²) in [5, 5.41) is 3.23. The predicted molar refractivity (Wildman–Crippen MR) is 96.0 cm³/mol. The molecule has 1 amide bonds. The lowest BCUT2D eigenvalue weighted by Gasteiger charge is -2.11. The van der Waals surface area contributed by atoms with E-state index in [2.05, 4.69) is 10.0 Å². The van der Waals surface area contributed by atoms with Gasteiger partial charge in [-0.25, -0.2) is 8.42 Å². The quantitative estimate of drug-likeness (QED) is 0.849. The average molecular weight is 367 g/mol. The van der Waals surface area contributed by atoms with E-state index in [1.54, 1.807) is 18.2 Å². The molecule has 0 atom stereocenters. The minimum absolute atomic E-state index is 0.00821. The van der Waals surface area contributed by atoms with Crippen LogP contribution in [0.1, 0.15) is 29.8 Å². The van der Waals surface area contributed by atoms with E-state index >= 15 is 0 Å². The zero-order valence-corrected chi connectivity index (χ0v) is 15.2. The Balaban J connectivity index is 2.20. The Bertz CT molecular complexity index is 847. The lowest BCUT2D eigenvalue weighted by Crippen LogP contribution is -2.30. The molecule has 2 rings (SSSR count). The summed E-state index contributed by atoms with van der Waals surface area (Å²) < 4.78 is 27.3. The molecule has 7 heteroatoms. The Kier molecular flexibility index (Phi) is 5.51. The lowest BCUT2D eigenvalue weighted by molar-refractivity contribution is 0.0943. The summed E-state index contributed by atoms with van der Waals surface area (Å²) in [5.74, 6) is -0.243. The monoisotopic (exact) mass is 366 g/mol. The Morgan fingerprint density at radius 3 is 2.25 bits per heavy atom. The molecule has 24 heavy (non-hydrogen) atoms. The first-order chi connectivity index (χ1) is 11.2. The number of hydrogen-bond acceptors (Lipinski definition) is 3. The van der Waals surface area contributed by atoms with Crippen molar-refractivity contribution in [2.24, 2.45) is 0 Å². The molecule has 0 aliphatic carbocycles. The van der Waals surface area contributed by atoms with Gasteiger partial charge in [0.15, 0.2) is 0 Å². The van der Waals surface area contributed by atoms with Gasteiger partial charge in [-0.15, -0.1) is 0 Å². The van der Waals surface area contributed by atoms with Crippen LogP contribution in [0.2, 0.25) is 5.02 Å². The molecule has 0 spiro atoms. The maximum atomic E-state index is 12.4. The number of anilines is 1. The van der Waals surface area contributed by atoms with Crippen LogP contribution in [-0.4, -0.2) is 20.4 Å². The highest BCUT2D eigenvalue weighted by atomic mass is 35.5. The zero-order chi connectivity index (χ0) is 17.9. The van der Waals surface area contributed by atoms with E-state index in [0.29, 0.717) is 16.3 Å². The molecular formula is C17H19ClN2O3S. The highest BCUT2D eigenvalue weighted by Crippen LogP contribution is 2.22. The van der Waals surface area contributed by atoms with Gasteiger partial charge in [0.05, 0.1) is 10.6 Å². The fraction of sp³-hybridized carbons (Fsp3) is 0.235. The van der Waals surface area contributed by atoms with Crippen LogP contribution < -0.4 is 10.0 Å². The van der Waals surface area contributed by atoms with Crippen LogP contribution in [0.5, 0.6) is 0 Å². The number of nitrogens with one attached hydrogen (secondary N) is 2. The van der Waals surface area contributed by atoms with Gasteiger partial charge in [0.25, 0.3) is 15.9 Å². The fourth-order valence-corrected chi connectivity index (χ4v) is 3.23. The molecule has 2 aromatic rings. The van der Waals surface area contributed by atoms with Crippen LogP contribution in [-0.2, 0) is 10.0 Å². The first-order valence-electron chi connectivity index (χ1n) is 7.39. The maximum absolute atomic E-state index is 12.4. The van der Waals surface area contributed by atoms with Gasteiger partial charge in [0.2, 0.25) is 0 Å². The van der Waals surface area contributed by atoms with Crippen molar-refractivity contribution in [1.29, 1.82) is 0 Å². The number of halogens is 1. The van der Waals surface area contributed by atoms with Crippen molar-refractivity contribution < 1.29 is 13.2 Å². The van der Waals surface area contributed by atoms with E-state index in [1.165, 1.54) is 24.3 Å². The first kappa shape index (κ1) is 18.3. The third-order valence-electron chi connectivity index (χ3n) is 3.27. The van der Waals surface area contributed by atoms with E-state index < -0.39 is 10.0 Å². The summed E-state index contributed by atoms with van der Waals surface area (Å²) in [4.78, 5) is 12.0. The van der Waals surface area contributed by atoms with E-state index in [-0.39, 0.29) is 16.8 Å². The van der Waals surface area contributed by atoms with E-state index in [1.807, 2.05) is 20.8 Å². The molecule has 0 aromatic heterocycles. The summed E-state index contributed by atoms with van der Waals surface area (Å²) in [6.45, 7) is 5.54. The molecule has 0 aliphatic heterocycles. The van der Waals surface area contributed by atoms with Crippen LogP contribution in [0.25, 0.3) is 0 Å². The zero-order valence-electron chi connectivity index (χ0n) is 13.6.